The Morgan fingerprint density at radius 2 is 1.86 bits per heavy atom. The van der Waals surface area contributed by atoms with Crippen LogP contribution in [0.1, 0.15) is 55.2 Å². The van der Waals surface area contributed by atoms with E-state index in [4.69, 9.17) is 0 Å². The van der Waals surface area contributed by atoms with Gasteiger partial charge in [0.15, 0.2) is 0 Å². The van der Waals surface area contributed by atoms with Crippen LogP contribution < -0.4 is 0 Å². The van der Waals surface area contributed by atoms with Gasteiger partial charge in [-0.3, -0.25) is 4.79 Å². The molecule has 1 aromatic heterocycles. The van der Waals surface area contributed by atoms with Crippen molar-refractivity contribution in [2.75, 3.05) is 0 Å². The quantitative estimate of drug-likeness (QED) is 0.890. The fourth-order valence-corrected chi connectivity index (χ4v) is 3.21. The molecule has 1 amide bonds. The summed E-state index contributed by atoms with van der Waals surface area (Å²) in [5.41, 5.74) is 4.23. The highest BCUT2D eigenvalue weighted by atomic mass is 16.2. The molecule has 3 rings (SSSR count). The zero-order valence-electron chi connectivity index (χ0n) is 14.2. The first-order valence-corrected chi connectivity index (χ1v) is 8.31. The molecule has 3 nitrogen and oxygen atoms in total. The van der Waals surface area contributed by atoms with E-state index in [9.17, 15) is 4.79 Å². The van der Waals surface area contributed by atoms with Crippen molar-refractivity contribution in [2.45, 2.75) is 59.5 Å². The van der Waals surface area contributed by atoms with Crippen LogP contribution in [0.5, 0.6) is 0 Å². The number of rotatable bonds is 4. The van der Waals surface area contributed by atoms with Crippen LogP contribution in [0.2, 0.25) is 0 Å². The molecule has 1 saturated carbocycles. The first-order valence-electron chi connectivity index (χ1n) is 8.31. The van der Waals surface area contributed by atoms with E-state index in [0.29, 0.717) is 12.0 Å². The smallest absolute Gasteiger partial charge is 0.270 e. The van der Waals surface area contributed by atoms with Gasteiger partial charge in [0.25, 0.3) is 5.91 Å². The fraction of sp³-hybridized carbons (Fsp3) is 0.526. The lowest BCUT2D eigenvalue weighted by atomic mass is 10.0. The molecular weight excluding hydrogens is 272 g/mol. The Labute approximate surface area is 132 Å². The molecule has 2 aromatic rings. The van der Waals surface area contributed by atoms with Crippen LogP contribution in [0.15, 0.2) is 18.2 Å². The number of aromatic amines is 1. The molecule has 118 valence electrons. The van der Waals surface area contributed by atoms with Crippen LogP contribution in [0.4, 0.5) is 0 Å². The van der Waals surface area contributed by atoms with Gasteiger partial charge in [-0.2, -0.15) is 0 Å². The number of hydrogen-bond acceptors (Lipinski definition) is 1. The number of aromatic nitrogens is 1. The molecular formula is C19H26N2O. The number of amides is 1. The van der Waals surface area contributed by atoms with Gasteiger partial charge in [-0.15, -0.1) is 0 Å². The Morgan fingerprint density at radius 3 is 2.45 bits per heavy atom. The van der Waals surface area contributed by atoms with Crippen LogP contribution in [0.3, 0.4) is 0 Å². The van der Waals surface area contributed by atoms with E-state index in [1.165, 1.54) is 11.1 Å². The zero-order valence-corrected chi connectivity index (χ0v) is 14.2. The summed E-state index contributed by atoms with van der Waals surface area (Å²) in [5, 5.41) is 1.15. The van der Waals surface area contributed by atoms with Gasteiger partial charge in [0, 0.05) is 23.0 Å². The van der Waals surface area contributed by atoms with Crippen molar-refractivity contribution in [3.05, 3.63) is 35.0 Å². The highest BCUT2D eigenvalue weighted by Crippen LogP contribution is 2.32. The second-order valence-corrected chi connectivity index (χ2v) is 7.15. The third-order valence-corrected chi connectivity index (χ3v) is 4.90. The number of aryl methyl sites for hydroxylation is 2. The topological polar surface area (TPSA) is 36.1 Å². The number of fused-ring (bicyclic) bond motifs is 1. The summed E-state index contributed by atoms with van der Waals surface area (Å²) >= 11 is 0. The largest absolute Gasteiger partial charge is 0.351 e. The molecule has 1 unspecified atom stereocenters. The highest BCUT2D eigenvalue weighted by Gasteiger charge is 2.37. The van der Waals surface area contributed by atoms with E-state index in [-0.39, 0.29) is 11.9 Å². The molecule has 3 heteroatoms. The number of carbonyl (C=O) groups is 1. The maximum Gasteiger partial charge on any atom is 0.270 e. The predicted octanol–water partition coefficient (Wildman–Crippen LogP) is 4.43. The van der Waals surface area contributed by atoms with Gasteiger partial charge in [-0.05, 0) is 62.8 Å². The SMILES string of the molecule is Cc1cc(C)c2cc(C(=O)N(C3CC3)C(C)C(C)C)[nH]c2c1. The second kappa shape index (κ2) is 5.45. The van der Waals surface area contributed by atoms with E-state index < -0.39 is 0 Å². The van der Waals surface area contributed by atoms with E-state index in [2.05, 4.69) is 56.6 Å². The Morgan fingerprint density at radius 1 is 1.18 bits per heavy atom. The molecule has 0 radical (unpaired) electrons. The minimum atomic E-state index is 0.150. The molecule has 1 aromatic carbocycles. The van der Waals surface area contributed by atoms with Crippen LogP contribution in [0.25, 0.3) is 10.9 Å². The second-order valence-electron chi connectivity index (χ2n) is 7.15. The van der Waals surface area contributed by atoms with Crippen LogP contribution in [-0.2, 0) is 0 Å². The molecule has 1 atom stereocenters. The number of carbonyl (C=O) groups excluding carboxylic acids is 1. The first kappa shape index (κ1) is 15.1. The summed E-state index contributed by atoms with van der Waals surface area (Å²) < 4.78 is 0. The number of hydrogen-bond donors (Lipinski definition) is 1. The first-order chi connectivity index (χ1) is 10.4. The van der Waals surface area contributed by atoms with Gasteiger partial charge < -0.3 is 9.88 Å². The molecule has 0 bridgehead atoms. The monoisotopic (exact) mass is 298 g/mol. The van der Waals surface area contributed by atoms with Gasteiger partial charge in [-0.1, -0.05) is 19.9 Å². The lowest BCUT2D eigenvalue weighted by Gasteiger charge is -2.31. The number of nitrogens with zero attached hydrogens (tertiary/aromatic N) is 1. The zero-order chi connectivity index (χ0) is 16.0. The molecule has 22 heavy (non-hydrogen) atoms. The summed E-state index contributed by atoms with van der Waals surface area (Å²) in [5.74, 6) is 0.620. The van der Waals surface area contributed by atoms with Crippen LogP contribution in [0, 0.1) is 19.8 Å². The highest BCUT2D eigenvalue weighted by molar-refractivity contribution is 5.99. The standard InChI is InChI=1S/C19H26N2O/c1-11(2)14(5)21(15-6-7-15)19(22)18-10-16-13(4)8-12(3)9-17(16)20-18/h8-11,14-15,20H,6-7H2,1-5H3. The van der Waals surface area contributed by atoms with Crippen molar-refractivity contribution in [2.24, 2.45) is 5.92 Å². The van der Waals surface area contributed by atoms with Gasteiger partial charge in [0.05, 0.1) is 0 Å². The van der Waals surface area contributed by atoms with Crippen molar-refractivity contribution in [3.63, 3.8) is 0 Å². The maximum absolute atomic E-state index is 13.0. The molecule has 1 N–H and O–H groups in total. The van der Waals surface area contributed by atoms with Gasteiger partial charge in [-0.25, -0.2) is 0 Å². The average molecular weight is 298 g/mol. The average Bonchev–Trinajstić information content (AvgIpc) is 3.17. The normalized spacial score (nSPS) is 16.3. The van der Waals surface area contributed by atoms with Crippen molar-refractivity contribution >= 4 is 16.8 Å². The minimum Gasteiger partial charge on any atom is -0.351 e. The van der Waals surface area contributed by atoms with Crippen molar-refractivity contribution < 1.29 is 4.79 Å². The van der Waals surface area contributed by atoms with E-state index >= 15 is 0 Å². The Hall–Kier alpha value is -1.77. The van der Waals surface area contributed by atoms with E-state index in [1.54, 1.807) is 0 Å². The summed E-state index contributed by atoms with van der Waals surface area (Å²) in [6.45, 7) is 10.7. The Bertz CT molecular complexity index is 710. The van der Waals surface area contributed by atoms with Crippen molar-refractivity contribution in [3.8, 4) is 0 Å². The molecule has 1 aliphatic carbocycles. The summed E-state index contributed by atoms with van der Waals surface area (Å²) in [6, 6.07) is 7.01. The van der Waals surface area contributed by atoms with E-state index in [1.807, 2.05) is 6.07 Å². The third-order valence-electron chi connectivity index (χ3n) is 4.90. The summed E-state index contributed by atoms with van der Waals surface area (Å²) in [4.78, 5) is 18.5. The maximum atomic E-state index is 13.0. The Balaban J connectivity index is 1.98. The number of benzene rings is 1. The number of nitrogens with one attached hydrogen (secondary N) is 1. The fourth-order valence-electron chi connectivity index (χ4n) is 3.21. The summed E-state index contributed by atoms with van der Waals surface area (Å²) in [6.07, 6.45) is 2.28. The molecule has 0 aliphatic heterocycles. The van der Waals surface area contributed by atoms with Gasteiger partial charge >= 0.3 is 0 Å². The third kappa shape index (κ3) is 2.65. The number of H-pyrrole nitrogens is 1. The lowest BCUT2D eigenvalue weighted by Crippen LogP contribution is -2.43. The van der Waals surface area contributed by atoms with E-state index in [0.717, 1.165) is 29.4 Å². The predicted molar refractivity (Wildman–Crippen MR) is 91.3 cm³/mol. The minimum absolute atomic E-state index is 0.150. The summed E-state index contributed by atoms with van der Waals surface area (Å²) in [7, 11) is 0. The Kier molecular flexibility index (Phi) is 3.75. The van der Waals surface area contributed by atoms with Crippen molar-refractivity contribution in [1.29, 1.82) is 0 Å². The molecule has 0 saturated heterocycles. The lowest BCUT2D eigenvalue weighted by molar-refractivity contribution is 0.0622. The van der Waals surface area contributed by atoms with Gasteiger partial charge in [0.2, 0.25) is 0 Å². The molecule has 1 fully saturated rings. The molecule has 0 spiro atoms. The van der Waals surface area contributed by atoms with Gasteiger partial charge in [0.1, 0.15) is 5.69 Å². The molecule has 1 aliphatic rings. The van der Waals surface area contributed by atoms with Crippen molar-refractivity contribution in [1.82, 2.24) is 9.88 Å². The van der Waals surface area contributed by atoms with Crippen LogP contribution in [-0.4, -0.2) is 27.9 Å². The molecule has 1 heterocycles. The van der Waals surface area contributed by atoms with Crippen LogP contribution >= 0.6 is 0 Å².